The van der Waals surface area contributed by atoms with Gasteiger partial charge in [-0.05, 0) is 27.6 Å². The van der Waals surface area contributed by atoms with Crippen molar-refractivity contribution in [2.45, 2.75) is 13.1 Å². The highest BCUT2D eigenvalue weighted by molar-refractivity contribution is 9.10. The number of ether oxygens (including phenoxy) is 1. The number of hydrogen-bond donors (Lipinski definition) is 1. The van der Waals surface area contributed by atoms with Crippen LogP contribution in [-0.2, 0) is 17.8 Å². The fourth-order valence-corrected chi connectivity index (χ4v) is 2.17. The van der Waals surface area contributed by atoms with Crippen molar-refractivity contribution in [2.24, 2.45) is 0 Å². The van der Waals surface area contributed by atoms with E-state index >= 15 is 0 Å². The van der Waals surface area contributed by atoms with E-state index in [1.54, 1.807) is 30.1 Å². The molecule has 0 aliphatic carbocycles. The molecule has 0 spiro atoms. The average molecular weight is 355 g/mol. The molecule has 0 atom stereocenters. The van der Waals surface area contributed by atoms with Crippen molar-refractivity contribution in [2.75, 3.05) is 19.0 Å². The molecule has 0 fully saturated rings. The molecular formula is C13H15BrN4O3. The third-order valence-corrected chi connectivity index (χ3v) is 3.53. The molecule has 1 heterocycles. The van der Waals surface area contributed by atoms with E-state index in [9.17, 15) is 10.1 Å². The lowest BCUT2D eigenvalue weighted by Crippen LogP contribution is -2.04. The number of nitrogens with zero attached hydrogens (tertiary/aromatic N) is 3. The number of anilines is 1. The molecule has 1 N–H and O–H groups in total. The van der Waals surface area contributed by atoms with Gasteiger partial charge in [-0.3, -0.25) is 14.8 Å². The zero-order chi connectivity index (χ0) is 15.2. The van der Waals surface area contributed by atoms with Gasteiger partial charge in [-0.2, -0.15) is 5.10 Å². The number of halogens is 1. The van der Waals surface area contributed by atoms with Crippen LogP contribution in [-0.4, -0.2) is 28.4 Å². The summed E-state index contributed by atoms with van der Waals surface area (Å²) in [7, 11) is 1.64. The Bertz CT molecular complexity index is 630. The minimum Gasteiger partial charge on any atom is -0.383 e. The molecule has 0 radical (unpaired) electrons. The summed E-state index contributed by atoms with van der Waals surface area (Å²) in [6.07, 6.45) is 3.58. The smallest absolute Gasteiger partial charge is 0.283 e. The molecule has 8 heteroatoms. The van der Waals surface area contributed by atoms with Gasteiger partial charge < -0.3 is 10.1 Å². The van der Waals surface area contributed by atoms with Crippen LogP contribution in [0.3, 0.4) is 0 Å². The maximum Gasteiger partial charge on any atom is 0.283 e. The monoisotopic (exact) mass is 354 g/mol. The Balaban J connectivity index is 1.98. The van der Waals surface area contributed by atoms with E-state index in [4.69, 9.17) is 4.74 Å². The Morgan fingerprint density at radius 1 is 1.52 bits per heavy atom. The van der Waals surface area contributed by atoms with E-state index in [0.717, 1.165) is 11.3 Å². The molecule has 2 rings (SSSR count). The van der Waals surface area contributed by atoms with Crippen molar-refractivity contribution in [1.82, 2.24) is 9.78 Å². The van der Waals surface area contributed by atoms with Crippen LogP contribution in [0.2, 0.25) is 0 Å². The van der Waals surface area contributed by atoms with Crippen molar-refractivity contribution in [3.8, 4) is 0 Å². The molecule has 1 aromatic carbocycles. The highest BCUT2D eigenvalue weighted by atomic mass is 79.9. The summed E-state index contributed by atoms with van der Waals surface area (Å²) < 4.78 is 7.23. The first-order chi connectivity index (χ1) is 10.1. The van der Waals surface area contributed by atoms with Gasteiger partial charge in [-0.1, -0.05) is 6.07 Å². The second kappa shape index (κ2) is 7.19. The van der Waals surface area contributed by atoms with Crippen molar-refractivity contribution in [1.29, 1.82) is 0 Å². The molecule has 112 valence electrons. The maximum atomic E-state index is 10.9. The van der Waals surface area contributed by atoms with E-state index in [0.29, 0.717) is 24.2 Å². The number of nitrogens with one attached hydrogen (secondary N) is 1. The van der Waals surface area contributed by atoms with Gasteiger partial charge in [-0.15, -0.1) is 0 Å². The number of nitro benzene ring substituents is 1. The fraction of sp³-hybridized carbons (Fsp3) is 0.308. The van der Waals surface area contributed by atoms with Gasteiger partial charge in [0.25, 0.3) is 5.69 Å². The SMILES string of the molecule is COCCn1cc(NCc2ccc(Br)c([N+](=O)[O-])c2)cn1. The van der Waals surface area contributed by atoms with E-state index in [2.05, 4.69) is 26.3 Å². The van der Waals surface area contributed by atoms with Crippen LogP contribution in [0.25, 0.3) is 0 Å². The Kier molecular flexibility index (Phi) is 5.29. The molecule has 0 aliphatic heterocycles. The van der Waals surface area contributed by atoms with Crippen molar-refractivity contribution in [3.63, 3.8) is 0 Å². The number of hydrogen-bond acceptors (Lipinski definition) is 5. The summed E-state index contributed by atoms with van der Waals surface area (Å²) in [6, 6.07) is 5.06. The largest absolute Gasteiger partial charge is 0.383 e. The number of aromatic nitrogens is 2. The Labute approximate surface area is 130 Å². The second-order valence-corrected chi connectivity index (χ2v) is 5.24. The maximum absolute atomic E-state index is 10.9. The molecule has 2 aromatic rings. The molecule has 21 heavy (non-hydrogen) atoms. The molecule has 0 aliphatic rings. The predicted octanol–water partition coefficient (Wildman–Crippen LogP) is 2.81. The van der Waals surface area contributed by atoms with Crippen molar-refractivity contribution < 1.29 is 9.66 Å². The minimum atomic E-state index is -0.406. The third kappa shape index (κ3) is 4.27. The predicted molar refractivity (Wildman–Crippen MR) is 82.2 cm³/mol. The van der Waals surface area contributed by atoms with Crippen LogP contribution < -0.4 is 5.32 Å². The summed E-state index contributed by atoms with van der Waals surface area (Å²) in [5.74, 6) is 0. The van der Waals surface area contributed by atoms with Gasteiger partial charge in [0.2, 0.25) is 0 Å². The van der Waals surface area contributed by atoms with Crippen molar-refractivity contribution >= 4 is 27.3 Å². The highest BCUT2D eigenvalue weighted by Gasteiger charge is 2.12. The van der Waals surface area contributed by atoms with Gasteiger partial charge in [0, 0.05) is 25.9 Å². The standard InChI is InChI=1S/C13H15BrN4O3/c1-21-5-4-17-9-11(8-16-17)15-7-10-2-3-12(14)13(6-10)18(19)20/h2-3,6,8-9,15H,4-5,7H2,1H3. The van der Waals surface area contributed by atoms with E-state index in [1.807, 2.05) is 12.3 Å². The van der Waals surface area contributed by atoms with Crippen LogP contribution in [0.4, 0.5) is 11.4 Å². The molecular weight excluding hydrogens is 340 g/mol. The summed E-state index contributed by atoms with van der Waals surface area (Å²) >= 11 is 3.17. The fourth-order valence-electron chi connectivity index (χ4n) is 1.77. The highest BCUT2D eigenvalue weighted by Crippen LogP contribution is 2.25. The van der Waals surface area contributed by atoms with Gasteiger partial charge in [0.1, 0.15) is 0 Å². The third-order valence-electron chi connectivity index (χ3n) is 2.86. The van der Waals surface area contributed by atoms with Crippen LogP contribution in [0.1, 0.15) is 5.56 Å². The summed E-state index contributed by atoms with van der Waals surface area (Å²) in [5, 5.41) is 18.2. The molecule has 0 amide bonds. The second-order valence-electron chi connectivity index (χ2n) is 4.38. The van der Waals surface area contributed by atoms with Gasteiger partial charge in [-0.25, -0.2) is 0 Å². The molecule has 0 bridgehead atoms. The summed E-state index contributed by atoms with van der Waals surface area (Å²) in [6.45, 7) is 1.77. The average Bonchev–Trinajstić information content (AvgIpc) is 2.92. The van der Waals surface area contributed by atoms with E-state index < -0.39 is 4.92 Å². The van der Waals surface area contributed by atoms with Gasteiger partial charge >= 0.3 is 0 Å². The Morgan fingerprint density at radius 2 is 2.33 bits per heavy atom. The van der Waals surface area contributed by atoms with Crippen LogP contribution in [0.15, 0.2) is 35.1 Å². The summed E-state index contributed by atoms with van der Waals surface area (Å²) in [5.41, 5.74) is 1.75. The normalized spacial score (nSPS) is 10.6. The van der Waals surface area contributed by atoms with E-state index in [1.165, 1.54) is 0 Å². The zero-order valence-electron chi connectivity index (χ0n) is 11.5. The number of benzene rings is 1. The minimum absolute atomic E-state index is 0.0603. The molecule has 1 aromatic heterocycles. The summed E-state index contributed by atoms with van der Waals surface area (Å²) in [4.78, 5) is 10.5. The Hall–Kier alpha value is -1.93. The molecule has 0 unspecified atom stereocenters. The number of rotatable bonds is 7. The zero-order valence-corrected chi connectivity index (χ0v) is 13.0. The first-order valence-corrected chi connectivity index (χ1v) is 7.07. The lowest BCUT2D eigenvalue weighted by molar-refractivity contribution is -0.385. The number of nitro groups is 1. The topological polar surface area (TPSA) is 82.2 Å². The van der Waals surface area contributed by atoms with Gasteiger partial charge in [0.15, 0.2) is 0 Å². The molecule has 7 nitrogen and oxygen atoms in total. The first-order valence-electron chi connectivity index (χ1n) is 6.28. The number of methoxy groups -OCH3 is 1. The lowest BCUT2D eigenvalue weighted by atomic mass is 10.2. The lowest BCUT2D eigenvalue weighted by Gasteiger charge is -2.04. The Morgan fingerprint density at radius 3 is 3.05 bits per heavy atom. The van der Waals surface area contributed by atoms with Crippen LogP contribution in [0, 0.1) is 10.1 Å². The van der Waals surface area contributed by atoms with Crippen LogP contribution in [0.5, 0.6) is 0 Å². The molecule has 0 saturated carbocycles. The quantitative estimate of drug-likeness (QED) is 0.610. The van der Waals surface area contributed by atoms with Gasteiger partial charge in [0.05, 0.1) is 34.4 Å². The van der Waals surface area contributed by atoms with Crippen LogP contribution >= 0.6 is 15.9 Å². The van der Waals surface area contributed by atoms with E-state index in [-0.39, 0.29) is 5.69 Å². The molecule has 0 saturated heterocycles. The first kappa shape index (κ1) is 15.5. The van der Waals surface area contributed by atoms with Crippen molar-refractivity contribution in [3.05, 3.63) is 50.7 Å².